The molecule has 19 heavy (non-hydrogen) atoms. The van der Waals surface area contributed by atoms with Gasteiger partial charge in [-0.15, -0.1) is 0 Å². The van der Waals surface area contributed by atoms with Gasteiger partial charge >= 0.3 is 5.97 Å². The molecule has 5 nitrogen and oxygen atoms in total. The van der Waals surface area contributed by atoms with E-state index in [4.69, 9.17) is 12.2 Å². The van der Waals surface area contributed by atoms with E-state index < -0.39 is 12.0 Å². The van der Waals surface area contributed by atoms with Gasteiger partial charge in [-0.25, -0.2) is 9.80 Å². The van der Waals surface area contributed by atoms with Gasteiger partial charge in [0.05, 0.1) is 17.7 Å². The van der Waals surface area contributed by atoms with E-state index in [0.717, 1.165) is 5.69 Å². The average molecular weight is 281 g/mol. The zero-order valence-corrected chi connectivity index (χ0v) is 12.2. The molecule has 0 saturated heterocycles. The van der Waals surface area contributed by atoms with Crippen molar-refractivity contribution >= 4 is 23.7 Å². The van der Waals surface area contributed by atoms with E-state index in [9.17, 15) is 9.90 Å². The summed E-state index contributed by atoms with van der Waals surface area (Å²) in [6, 6.07) is 4.96. The molecule has 1 heterocycles. The van der Waals surface area contributed by atoms with Crippen LogP contribution >= 0.6 is 12.2 Å². The summed E-state index contributed by atoms with van der Waals surface area (Å²) in [5.74, 6) is -0.938. The lowest BCUT2D eigenvalue weighted by Gasteiger charge is -2.36. The van der Waals surface area contributed by atoms with Gasteiger partial charge in [0.1, 0.15) is 6.04 Å². The van der Waals surface area contributed by atoms with Gasteiger partial charge in [0, 0.05) is 13.2 Å². The van der Waals surface area contributed by atoms with Crippen molar-refractivity contribution in [2.45, 2.75) is 26.4 Å². The molecule has 6 heteroatoms. The van der Waals surface area contributed by atoms with Crippen LogP contribution in [0.4, 0.5) is 0 Å². The number of thiocarbonyl (C=S) groups is 1. The highest BCUT2D eigenvalue weighted by atomic mass is 32.1. The first-order valence-electron chi connectivity index (χ1n) is 6.04. The van der Waals surface area contributed by atoms with E-state index in [1.807, 2.05) is 32.0 Å². The zero-order valence-electron chi connectivity index (χ0n) is 11.4. The second-order valence-electron chi connectivity index (χ2n) is 4.65. The second-order valence-corrected chi connectivity index (χ2v) is 4.86. The number of hydrogen-bond donors (Lipinski definition) is 1. The third kappa shape index (κ3) is 4.25. The predicted octanol–water partition coefficient (Wildman–Crippen LogP) is 1.80. The summed E-state index contributed by atoms with van der Waals surface area (Å²) >= 11 is 4.96. The van der Waals surface area contributed by atoms with Gasteiger partial charge in [-0.1, -0.05) is 32.1 Å². The van der Waals surface area contributed by atoms with E-state index in [1.54, 1.807) is 23.3 Å². The topological polar surface area (TPSA) is 56.7 Å². The summed E-state index contributed by atoms with van der Waals surface area (Å²) in [4.78, 5) is 15.6. The van der Waals surface area contributed by atoms with Crippen LogP contribution < -0.4 is 0 Å². The predicted molar refractivity (Wildman–Crippen MR) is 77.5 cm³/mol. The molecule has 0 fully saturated rings. The monoisotopic (exact) mass is 281 g/mol. The van der Waals surface area contributed by atoms with Crippen LogP contribution in [0.1, 0.15) is 19.5 Å². The first kappa shape index (κ1) is 15.5. The highest BCUT2D eigenvalue weighted by Crippen LogP contribution is 2.13. The fourth-order valence-corrected chi connectivity index (χ4v) is 2.16. The van der Waals surface area contributed by atoms with Crippen LogP contribution in [0, 0.1) is 5.92 Å². The van der Waals surface area contributed by atoms with Crippen molar-refractivity contribution in [3.8, 4) is 0 Å². The molecule has 0 aliphatic heterocycles. The van der Waals surface area contributed by atoms with Crippen molar-refractivity contribution in [2.75, 3.05) is 7.05 Å². The molecule has 0 aliphatic rings. The summed E-state index contributed by atoms with van der Waals surface area (Å²) < 4.78 is 0. The van der Waals surface area contributed by atoms with Crippen molar-refractivity contribution in [2.24, 2.45) is 5.92 Å². The minimum absolute atomic E-state index is 0.0529. The first-order chi connectivity index (χ1) is 8.97. The number of carboxylic acid groups (broad SMARTS) is 1. The van der Waals surface area contributed by atoms with Crippen molar-refractivity contribution in [3.63, 3.8) is 0 Å². The van der Waals surface area contributed by atoms with E-state index in [-0.39, 0.29) is 5.92 Å². The Kier molecular flexibility index (Phi) is 5.85. The highest BCUT2D eigenvalue weighted by molar-refractivity contribution is 7.78. The van der Waals surface area contributed by atoms with E-state index in [2.05, 4.69) is 4.98 Å². The Hall–Kier alpha value is -1.53. The summed E-state index contributed by atoms with van der Waals surface area (Å²) in [6.07, 6.45) is 1.71. The minimum atomic E-state index is -0.885. The fourth-order valence-electron chi connectivity index (χ4n) is 1.87. The zero-order chi connectivity index (χ0) is 14.4. The molecule has 0 aromatic carbocycles. The number of pyridine rings is 1. The lowest BCUT2D eigenvalue weighted by atomic mass is 10.0. The lowest BCUT2D eigenvalue weighted by molar-refractivity contribution is -0.148. The van der Waals surface area contributed by atoms with Crippen molar-refractivity contribution in [1.82, 2.24) is 15.0 Å². The molecule has 0 aliphatic carbocycles. The number of carbonyl (C=O) groups is 1. The number of carboxylic acids is 1. The molecule has 0 spiro atoms. The SMILES string of the molecule is CC(C)[C@@H](C(=O)O)N(C=S)N(C)Cc1ccccn1. The van der Waals surface area contributed by atoms with Crippen molar-refractivity contribution in [1.29, 1.82) is 0 Å². The van der Waals surface area contributed by atoms with Crippen LogP contribution in [-0.4, -0.2) is 44.7 Å². The Balaban J connectivity index is 2.84. The Morgan fingerprint density at radius 3 is 2.63 bits per heavy atom. The van der Waals surface area contributed by atoms with Crippen LogP contribution in [0.2, 0.25) is 0 Å². The Bertz CT molecular complexity index is 425. The smallest absolute Gasteiger partial charge is 0.328 e. The van der Waals surface area contributed by atoms with Gasteiger partial charge in [-0.3, -0.25) is 9.99 Å². The van der Waals surface area contributed by atoms with Crippen LogP contribution in [0.15, 0.2) is 24.4 Å². The van der Waals surface area contributed by atoms with E-state index in [1.165, 1.54) is 5.49 Å². The number of aromatic nitrogens is 1. The average Bonchev–Trinajstić information content (AvgIpc) is 2.35. The highest BCUT2D eigenvalue weighted by Gasteiger charge is 2.29. The third-order valence-corrected chi connectivity index (χ3v) is 3.00. The van der Waals surface area contributed by atoms with Gasteiger partial charge in [0.2, 0.25) is 0 Å². The molecule has 1 aromatic rings. The molecule has 104 valence electrons. The Labute approximate surface area is 118 Å². The molecule has 0 unspecified atom stereocenters. The summed E-state index contributed by atoms with van der Waals surface area (Å²) in [6.45, 7) is 4.23. The van der Waals surface area contributed by atoms with E-state index in [0.29, 0.717) is 6.54 Å². The number of nitrogens with zero attached hydrogens (tertiary/aromatic N) is 3. The van der Waals surface area contributed by atoms with Crippen LogP contribution in [-0.2, 0) is 11.3 Å². The van der Waals surface area contributed by atoms with Crippen LogP contribution in [0.5, 0.6) is 0 Å². The number of rotatable bonds is 7. The molecular weight excluding hydrogens is 262 g/mol. The van der Waals surface area contributed by atoms with Crippen LogP contribution in [0.3, 0.4) is 0 Å². The molecule has 0 radical (unpaired) electrons. The Morgan fingerprint density at radius 2 is 2.21 bits per heavy atom. The number of hydrogen-bond acceptors (Lipinski definition) is 4. The van der Waals surface area contributed by atoms with Crippen molar-refractivity contribution in [3.05, 3.63) is 30.1 Å². The van der Waals surface area contributed by atoms with Gasteiger partial charge < -0.3 is 5.11 Å². The molecule has 1 N–H and O–H groups in total. The molecule has 0 saturated carbocycles. The molecule has 1 rings (SSSR count). The van der Waals surface area contributed by atoms with Gasteiger partial charge in [-0.2, -0.15) is 0 Å². The molecule has 1 aromatic heterocycles. The quantitative estimate of drug-likeness (QED) is 0.607. The molecule has 0 bridgehead atoms. The first-order valence-corrected chi connectivity index (χ1v) is 6.52. The molecule has 1 atom stereocenters. The number of hydrazine groups is 1. The summed E-state index contributed by atoms with van der Waals surface area (Å²) in [5.41, 5.74) is 2.24. The number of aliphatic carboxylic acids is 1. The normalized spacial score (nSPS) is 12.5. The lowest BCUT2D eigenvalue weighted by Crippen LogP contribution is -2.51. The summed E-state index contributed by atoms with van der Waals surface area (Å²) in [5, 5.41) is 12.6. The van der Waals surface area contributed by atoms with Crippen LogP contribution in [0.25, 0.3) is 0 Å². The van der Waals surface area contributed by atoms with Gasteiger partial charge in [-0.05, 0) is 18.1 Å². The third-order valence-electron chi connectivity index (χ3n) is 2.79. The van der Waals surface area contributed by atoms with E-state index >= 15 is 0 Å². The van der Waals surface area contributed by atoms with Gasteiger partial charge in [0.25, 0.3) is 0 Å². The Morgan fingerprint density at radius 1 is 1.53 bits per heavy atom. The minimum Gasteiger partial charge on any atom is -0.480 e. The maximum absolute atomic E-state index is 11.3. The largest absolute Gasteiger partial charge is 0.480 e. The second kappa shape index (κ2) is 7.16. The maximum atomic E-state index is 11.3. The molecular formula is C13H19N3O2S. The maximum Gasteiger partial charge on any atom is 0.328 e. The van der Waals surface area contributed by atoms with Crippen molar-refractivity contribution < 1.29 is 9.90 Å². The fraction of sp³-hybridized carbons (Fsp3) is 0.462. The van der Waals surface area contributed by atoms with Gasteiger partial charge in [0.15, 0.2) is 0 Å². The standard InChI is InChI=1S/C13H19N3O2S/c1-10(2)12(13(17)18)16(9-19)15(3)8-11-6-4-5-7-14-11/h4-7,9-10,12H,8H2,1-3H3,(H,17,18)/t12-/m0/s1. The molecule has 0 amide bonds. The summed E-state index contributed by atoms with van der Waals surface area (Å²) in [7, 11) is 1.80.